The van der Waals surface area contributed by atoms with Gasteiger partial charge in [-0.25, -0.2) is 4.79 Å². The van der Waals surface area contributed by atoms with Crippen molar-refractivity contribution in [2.75, 3.05) is 0 Å². The van der Waals surface area contributed by atoms with E-state index in [1.165, 1.54) is 24.8 Å². The molecule has 2 unspecified atom stereocenters. The van der Waals surface area contributed by atoms with E-state index in [4.69, 9.17) is 0 Å². The van der Waals surface area contributed by atoms with Crippen LogP contribution in [0.3, 0.4) is 0 Å². The highest BCUT2D eigenvalue weighted by atomic mass is 16.2. The molecule has 0 heterocycles. The summed E-state index contributed by atoms with van der Waals surface area (Å²) in [4.78, 5) is 24.4. The van der Waals surface area contributed by atoms with E-state index >= 15 is 0 Å². The minimum Gasteiger partial charge on any atom is -0.335 e. The number of amides is 3. The number of hydrogen-bond donors (Lipinski definition) is 3. The Morgan fingerprint density at radius 1 is 1.00 bits per heavy atom. The molecule has 0 bridgehead atoms. The Balaban J connectivity index is 1.50. The Hall–Kier alpha value is -1.88. The van der Waals surface area contributed by atoms with Crippen LogP contribution < -0.4 is 16.0 Å². The maximum absolute atomic E-state index is 12.4. The van der Waals surface area contributed by atoms with Gasteiger partial charge in [0.25, 0.3) is 0 Å². The van der Waals surface area contributed by atoms with Gasteiger partial charge in [-0.05, 0) is 44.1 Å². The van der Waals surface area contributed by atoms with Crippen molar-refractivity contribution < 1.29 is 9.59 Å². The molecule has 2 saturated carbocycles. The summed E-state index contributed by atoms with van der Waals surface area (Å²) < 4.78 is 0. The standard InChI is InChI=1S/C20H29N3O2/c1-14(19(24)23-20(25)22-17-10-6-3-7-11-17)21-18(16-12-13-16)15-8-4-2-5-9-15/h2,4-5,8-9,14,16-18,21H,3,6-7,10-13H2,1H3,(H2,22,23,24,25). The normalized spacial score (nSPS) is 20.5. The molecule has 0 saturated heterocycles. The number of imide groups is 1. The van der Waals surface area contributed by atoms with Crippen LogP contribution >= 0.6 is 0 Å². The van der Waals surface area contributed by atoms with Crippen LogP contribution in [0.1, 0.15) is 63.5 Å². The van der Waals surface area contributed by atoms with Gasteiger partial charge < -0.3 is 5.32 Å². The molecular formula is C20H29N3O2. The average molecular weight is 343 g/mol. The van der Waals surface area contributed by atoms with Crippen LogP contribution in [0.4, 0.5) is 4.79 Å². The van der Waals surface area contributed by atoms with E-state index < -0.39 is 6.04 Å². The van der Waals surface area contributed by atoms with E-state index in [1.54, 1.807) is 0 Å². The van der Waals surface area contributed by atoms with Crippen molar-refractivity contribution in [3.05, 3.63) is 35.9 Å². The molecule has 2 atom stereocenters. The highest BCUT2D eigenvalue weighted by Crippen LogP contribution is 2.41. The fourth-order valence-corrected chi connectivity index (χ4v) is 3.63. The predicted molar refractivity (Wildman–Crippen MR) is 98.1 cm³/mol. The molecule has 1 aromatic carbocycles. The zero-order valence-corrected chi connectivity index (χ0v) is 15.0. The van der Waals surface area contributed by atoms with Crippen molar-refractivity contribution in [2.24, 2.45) is 5.92 Å². The molecule has 0 radical (unpaired) electrons. The molecule has 3 amide bonds. The van der Waals surface area contributed by atoms with Gasteiger partial charge in [-0.15, -0.1) is 0 Å². The second kappa shape index (κ2) is 8.48. The molecule has 1 aromatic rings. The molecule has 5 heteroatoms. The minimum absolute atomic E-state index is 0.170. The van der Waals surface area contributed by atoms with Gasteiger partial charge in [-0.2, -0.15) is 0 Å². The molecule has 2 aliphatic rings. The molecule has 2 fully saturated rings. The van der Waals surface area contributed by atoms with E-state index in [2.05, 4.69) is 28.1 Å². The van der Waals surface area contributed by atoms with E-state index in [-0.39, 0.29) is 24.0 Å². The lowest BCUT2D eigenvalue weighted by Gasteiger charge is -2.25. The lowest BCUT2D eigenvalue weighted by atomic mass is 9.96. The Labute approximate surface area is 150 Å². The first kappa shape index (κ1) is 17.9. The van der Waals surface area contributed by atoms with Crippen LogP contribution in [0.2, 0.25) is 0 Å². The molecule has 0 spiro atoms. The Morgan fingerprint density at radius 2 is 1.68 bits per heavy atom. The van der Waals surface area contributed by atoms with Crippen molar-refractivity contribution in [1.29, 1.82) is 0 Å². The van der Waals surface area contributed by atoms with Crippen LogP contribution in [0.25, 0.3) is 0 Å². The predicted octanol–water partition coefficient (Wildman–Crippen LogP) is 3.27. The fraction of sp³-hybridized carbons (Fsp3) is 0.600. The Kier molecular flexibility index (Phi) is 6.08. The van der Waals surface area contributed by atoms with E-state index in [0.717, 1.165) is 25.7 Å². The summed E-state index contributed by atoms with van der Waals surface area (Å²) in [5.41, 5.74) is 1.20. The quantitative estimate of drug-likeness (QED) is 0.742. The monoisotopic (exact) mass is 343 g/mol. The summed E-state index contributed by atoms with van der Waals surface area (Å²) in [7, 11) is 0. The van der Waals surface area contributed by atoms with Gasteiger partial charge in [-0.1, -0.05) is 49.6 Å². The van der Waals surface area contributed by atoms with Gasteiger partial charge in [0.2, 0.25) is 5.91 Å². The van der Waals surface area contributed by atoms with Crippen LogP contribution in [-0.2, 0) is 4.79 Å². The zero-order chi connectivity index (χ0) is 17.6. The van der Waals surface area contributed by atoms with Gasteiger partial charge in [0.1, 0.15) is 0 Å². The highest BCUT2D eigenvalue weighted by molar-refractivity contribution is 5.96. The molecule has 136 valence electrons. The summed E-state index contributed by atoms with van der Waals surface area (Å²) in [6, 6.07) is 9.82. The van der Waals surface area contributed by atoms with E-state index in [0.29, 0.717) is 5.92 Å². The van der Waals surface area contributed by atoms with Gasteiger partial charge >= 0.3 is 6.03 Å². The first-order valence-electron chi connectivity index (χ1n) is 9.56. The number of carbonyl (C=O) groups is 2. The van der Waals surface area contributed by atoms with Crippen LogP contribution in [0.5, 0.6) is 0 Å². The van der Waals surface area contributed by atoms with E-state index in [1.807, 2.05) is 25.1 Å². The SMILES string of the molecule is CC(NC(c1ccccc1)C1CC1)C(=O)NC(=O)NC1CCCCC1. The summed E-state index contributed by atoms with van der Waals surface area (Å²) in [5.74, 6) is 0.309. The Morgan fingerprint density at radius 3 is 2.32 bits per heavy atom. The number of urea groups is 1. The first-order chi connectivity index (χ1) is 12.1. The summed E-state index contributed by atoms with van der Waals surface area (Å²) in [5, 5.41) is 8.83. The largest absolute Gasteiger partial charge is 0.335 e. The molecule has 0 aliphatic heterocycles. The molecule has 3 N–H and O–H groups in total. The minimum atomic E-state index is -0.414. The third-order valence-electron chi connectivity index (χ3n) is 5.25. The fourth-order valence-electron chi connectivity index (χ4n) is 3.63. The maximum Gasteiger partial charge on any atom is 0.321 e. The molecule has 2 aliphatic carbocycles. The van der Waals surface area contributed by atoms with Crippen LogP contribution in [0.15, 0.2) is 30.3 Å². The van der Waals surface area contributed by atoms with Crippen LogP contribution in [0, 0.1) is 5.92 Å². The molecule has 3 rings (SSSR count). The summed E-state index contributed by atoms with van der Waals surface area (Å²) in [6.07, 6.45) is 7.92. The van der Waals surface area contributed by atoms with Crippen molar-refractivity contribution >= 4 is 11.9 Å². The van der Waals surface area contributed by atoms with Crippen molar-refractivity contribution in [3.8, 4) is 0 Å². The number of nitrogens with one attached hydrogen (secondary N) is 3. The third kappa shape index (κ3) is 5.30. The first-order valence-corrected chi connectivity index (χ1v) is 9.56. The number of benzene rings is 1. The van der Waals surface area contributed by atoms with Crippen molar-refractivity contribution in [1.82, 2.24) is 16.0 Å². The molecule has 0 aromatic heterocycles. The third-order valence-corrected chi connectivity index (χ3v) is 5.25. The van der Waals surface area contributed by atoms with Gasteiger partial charge in [0, 0.05) is 12.1 Å². The van der Waals surface area contributed by atoms with Crippen molar-refractivity contribution in [3.63, 3.8) is 0 Å². The average Bonchev–Trinajstić information content (AvgIpc) is 3.46. The number of rotatable bonds is 6. The second-order valence-corrected chi connectivity index (χ2v) is 7.41. The van der Waals surface area contributed by atoms with Gasteiger partial charge in [0.05, 0.1) is 6.04 Å². The molecular weight excluding hydrogens is 314 g/mol. The lowest BCUT2D eigenvalue weighted by Crippen LogP contribution is -2.51. The number of carbonyl (C=O) groups excluding carboxylic acids is 2. The highest BCUT2D eigenvalue weighted by Gasteiger charge is 2.34. The zero-order valence-electron chi connectivity index (χ0n) is 15.0. The lowest BCUT2D eigenvalue weighted by molar-refractivity contribution is -0.121. The summed E-state index contributed by atoms with van der Waals surface area (Å²) >= 11 is 0. The topological polar surface area (TPSA) is 70.2 Å². The second-order valence-electron chi connectivity index (χ2n) is 7.41. The smallest absolute Gasteiger partial charge is 0.321 e. The number of hydrogen-bond acceptors (Lipinski definition) is 3. The van der Waals surface area contributed by atoms with Crippen LogP contribution in [-0.4, -0.2) is 24.0 Å². The molecule has 25 heavy (non-hydrogen) atoms. The van der Waals surface area contributed by atoms with Crippen molar-refractivity contribution in [2.45, 2.75) is 70.0 Å². The molecule has 5 nitrogen and oxygen atoms in total. The van der Waals surface area contributed by atoms with Gasteiger partial charge in [0.15, 0.2) is 0 Å². The maximum atomic E-state index is 12.4. The van der Waals surface area contributed by atoms with E-state index in [9.17, 15) is 9.59 Å². The summed E-state index contributed by atoms with van der Waals surface area (Å²) in [6.45, 7) is 1.82. The van der Waals surface area contributed by atoms with Gasteiger partial charge in [-0.3, -0.25) is 15.4 Å². The Bertz CT molecular complexity index is 580.